The SMILES string of the molecule is CCOc1ccc(C(=O)N2CCC3(CC2)Oc2ccccc2-c2c3cnn2C)c(O)c1. The molecule has 0 unspecified atom stereocenters. The summed E-state index contributed by atoms with van der Waals surface area (Å²) in [6.07, 6.45) is 3.20. The first-order valence-corrected chi connectivity index (χ1v) is 10.6. The van der Waals surface area contributed by atoms with Gasteiger partial charge in [-0.1, -0.05) is 12.1 Å². The molecule has 0 bridgehead atoms. The summed E-state index contributed by atoms with van der Waals surface area (Å²) in [5.74, 6) is 1.15. The molecule has 0 atom stereocenters. The molecule has 1 fully saturated rings. The van der Waals surface area contributed by atoms with E-state index in [1.165, 1.54) is 6.07 Å². The van der Waals surface area contributed by atoms with Gasteiger partial charge in [0.25, 0.3) is 5.91 Å². The number of fused-ring (bicyclic) bond motifs is 4. The highest BCUT2D eigenvalue weighted by Crippen LogP contribution is 2.49. The first-order chi connectivity index (χ1) is 15.0. The zero-order valence-corrected chi connectivity index (χ0v) is 17.7. The molecular weight excluding hydrogens is 394 g/mol. The van der Waals surface area contributed by atoms with Crippen LogP contribution in [0.3, 0.4) is 0 Å². The fourth-order valence-corrected chi connectivity index (χ4v) is 4.67. The highest BCUT2D eigenvalue weighted by Gasteiger charge is 2.46. The second-order valence-corrected chi connectivity index (χ2v) is 8.03. The lowest BCUT2D eigenvalue weighted by Gasteiger charge is -2.44. The normalized spacial score (nSPS) is 16.4. The summed E-state index contributed by atoms with van der Waals surface area (Å²) < 4.78 is 13.8. The monoisotopic (exact) mass is 419 g/mol. The van der Waals surface area contributed by atoms with E-state index in [4.69, 9.17) is 9.47 Å². The lowest BCUT2D eigenvalue weighted by molar-refractivity contribution is -0.00178. The quantitative estimate of drug-likeness (QED) is 0.700. The number of ether oxygens (including phenoxy) is 2. The molecule has 2 aliphatic rings. The highest BCUT2D eigenvalue weighted by atomic mass is 16.5. The van der Waals surface area contributed by atoms with Gasteiger partial charge in [0.2, 0.25) is 0 Å². The number of hydrogen-bond donors (Lipinski definition) is 1. The van der Waals surface area contributed by atoms with Crippen LogP contribution in [0.4, 0.5) is 0 Å². The number of phenols is 1. The zero-order valence-electron chi connectivity index (χ0n) is 17.7. The Morgan fingerprint density at radius 1 is 1.23 bits per heavy atom. The minimum Gasteiger partial charge on any atom is -0.507 e. The third kappa shape index (κ3) is 3.12. The molecule has 1 aromatic heterocycles. The van der Waals surface area contributed by atoms with Gasteiger partial charge in [0, 0.05) is 50.2 Å². The molecule has 31 heavy (non-hydrogen) atoms. The van der Waals surface area contributed by atoms with Crippen LogP contribution in [0.5, 0.6) is 17.2 Å². The molecule has 2 aliphatic heterocycles. The van der Waals surface area contributed by atoms with Gasteiger partial charge in [-0.15, -0.1) is 0 Å². The summed E-state index contributed by atoms with van der Waals surface area (Å²) in [5, 5.41) is 14.8. The third-order valence-electron chi connectivity index (χ3n) is 6.25. The number of amides is 1. The molecule has 7 nitrogen and oxygen atoms in total. The topological polar surface area (TPSA) is 76.8 Å². The Balaban J connectivity index is 1.39. The van der Waals surface area contributed by atoms with Crippen LogP contribution in [0.25, 0.3) is 11.3 Å². The standard InChI is InChI=1S/C24H25N3O4/c1-3-30-16-8-9-17(20(28)14-16)23(29)27-12-10-24(11-13-27)19-15-25-26(2)22(19)18-6-4-5-7-21(18)31-24/h4-9,14-15,28H,3,10-13H2,1-2H3. The molecule has 5 rings (SSSR count). The van der Waals surface area contributed by atoms with Crippen LogP contribution in [0.2, 0.25) is 0 Å². The summed E-state index contributed by atoms with van der Waals surface area (Å²) in [6.45, 7) is 3.43. The van der Waals surface area contributed by atoms with E-state index in [1.54, 1.807) is 17.0 Å². The Labute approximate surface area is 180 Å². The van der Waals surface area contributed by atoms with Gasteiger partial charge < -0.3 is 19.5 Å². The number of aromatic nitrogens is 2. The number of para-hydroxylation sites is 1. The van der Waals surface area contributed by atoms with E-state index in [0.717, 1.165) is 22.6 Å². The molecule has 1 amide bonds. The molecule has 1 saturated heterocycles. The summed E-state index contributed by atoms with van der Waals surface area (Å²) in [6, 6.07) is 12.8. The predicted molar refractivity (Wildman–Crippen MR) is 115 cm³/mol. The number of aromatic hydroxyl groups is 1. The summed E-state index contributed by atoms with van der Waals surface area (Å²) in [7, 11) is 1.95. The molecular formula is C24H25N3O4. The van der Waals surface area contributed by atoms with Crippen LogP contribution in [-0.4, -0.2) is 45.4 Å². The van der Waals surface area contributed by atoms with E-state index < -0.39 is 5.60 Å². The Kier molecular flexibility index (Phi) is 4.61. The van der Waals surface area contributed by atoms with Gasteiger partial charge in [-0.05, 0) is 31.2 Å². The average molecular weight is 419 g/mol. The Bertz CT molecular complexity index is 1150. The second-order valence-electron chi connectivity index (χ2n) is 8.03. The van der Waals surface area contributed by atoms with Gasteiger partial charge in [-0.25, -0.2) is 0 Å². The van der Waals surface area contributed by atoms with E-state index >= 15 is 0 Å². The van der Waals surface area contributed by atoms with Crippen molar-refractivity contribution in [3.63, 3.8) is 0 Å². The van der Waals surface area contributed by atoms with Crippen molar-refractivity contribution in [2.75, 3.05) is 19.7 Å². The fraction of sp³-hybridized carbons (Fsp3) is 0.333. The smallest absolute Gasteiger partial charge is 0.257 e. The summed E-state index contributed by atoms with van der Waals surface area (Å²) in [4.78, 5) is 14.9. The minimum absolute atomic E-state index is 0.0615. The van der Waals surface area contributed by atoms with Crippen LogP contribution in [0.15, 0.2) is 48.7 Å². The van der Waals surface area contributed by atoms with Crippen molar-refractivity contribution in [1.82, 2.24) is 14.7 Å². The van der Waals surface area contributed by atoms with Crippen molar-refractivity contribution in [2.24, 2.45) is 7.05 Å². The van der Waals surface area contributed by atoms with Gasteiger partial charge in [-0.3, -0.25) is 9.48 Å². The summed E-state index contributed by atoms with van der Waals surface area (Å²) in [5.41, 5.74) is 2.98. The fourth-order valence-electron chi connectivity index (χ4n) is 4.67. The zero-order chi connectivity index (χ0) is 21.6. The third-order valence-corrected chi connectivity index (χ3v) is 6.25. The second kappa shape index (κ2) is 7.34. The first kappa shape index (κ1) is 19.5. The average Bonchev–Trinajstić information content (AvgIpc) is 3.17. The lowest BCUT2D eigenvalue weighted by atomic mass is 9.81. The summed E-state index contributed by atoms with van der Waals surface area (Å²) >= 11 is 0. The number of rotatable bonds is 3. The molecule has 1 spiro atoms. The number of phenolic OH excluding ortho intramolecular Hbond substituents is 1. The van der Waals surface area contributed by atoms with Crippen LogP contribution in [0, 0.1) is 0 Å². The van der Waals surface area contributed by atoms with Crippen LogP contribution in [-0.2, 0) is 12.6 Å². The first-order valence-electron chi connectivity index (χ1n) is 10.6. The molecule has 7 heteroatoms. The van der Waals surface area contributed by atoms with E-state index in [0.29, 0.717) is 38.3 Å². The van der Waals surface area contributed by atoms with Gasteiger partial charge in [0.05, 0.1) is 24.1 Å². The van der Waals surface area contributed by atoms with E-state index in [9.17, 15) is 9.90 Å². The van der Waals surface area contributed by atoms with E-state index in [-0.39, 0.29) is 17.2 Å². The number of nitrogens with zero attached hydrogens (tertiary/aromatic N) is 3. The molecule has 0 saturated carbocycles. The lowest BCUT2D eigenvalue weighted by Crippen LogP contribution is -2.49. The van der Waals surface area contributed by atoms with Gasteiger partial charge in [0.1, 0.15) is 22.8 Å². The molecule has 0 radical (unpaired) electrons. The molecule has 3 heterocycles. The van der Waals surface area contributed by atoms with Crippen LogP contribution in [0.1, 0.15) is 35.7 Å². The number of likely N-dealkylation sites (tertiary alicyclic amines) is 1. The van der Waals surface area contributed by atoms with Crippen molar-refractivity contribution in [3.05, 3.63) is 59.8 Å². The van der Waals surface area contributed by atoms with Gasteiger partial charge >= 0.3 is 0 Å². The maximum Gasteiger partial charge on any atom is 0.257 e. The van der Waals surface area contributed by atoms with Crippen molar-refractivity contribution in [1.29, 1.82) is 0 Å². The van der Waals surface area contributed by atoms with Gasteiger partial charge in [0.15, 0.2) is 0 Å². The molecule has 0 aliphatic carbocycles. The van der Waals surface area contributed by atoms with Crippen LogP contribution >= 0.6 is 0 Å². The van der Waals surface area contributed by atoms with Crippen molar-refractivity contribution < 1.29 is 19.4 Å². The molecule has 3 aromatic rings. The Morgan fingerprint density at radius 2 is 2.00 bits per heavy atom. The maximum absolute atomic E-state index is 13.1. The van der Waals surface area contributed by atoms with Gasteiger partial charge in [-0.2, -0.15) is 5.10 Å². The minimum atomic E-state index is -0.504. The number of hydrogen-bond acceptors (Lipinski definition) is 5. The number of carbonyl (C=O) groups is 1. The van der Waals surface area contributed by atoms with E-state index in [1.807, 2.05) is 43.0 Å². The maximum atomic E-state index is 13.1. The van der Waals surface area contributed by atoms with Crippen molar-refractivity contribution in [2.45, 2.75) is 25.4 Å². The number of benzene rings is 2. The molecule has 1 N–H and O–H groups in total. The predicted octanol–water partition coefficient (Wildman–Crippen LogP) is 3.72. The molecule has 160 valence electrons. The van der Waals surface area contributed by atoms with Crippen molar-refractivity contribution in [3.8, 4) is 28.5 Å². The molecule has 2 aromatic carbocycles. The largest absolute Gasteiger partial charge is 0.507 e. The van der Waals surface area contributed by atoms with Crippen molar-refractivity contribution >= 4 is 5.91 Å². The Hall–Kier alpha value is -3.48. The Morgan fingerprint density at radius 3 is 2.74 bits per heavy atom. The number of aryl methyl sites for hydroxylation is 1. The van der Waals surface area contributed by atoms with E-state index in [2.05, 4.69) is 11.2 Å². The van der Waals surface area contributed by atoms with Crippen LogP contribution < -0.4 is 9.47 Å². The number of piperidine rings is 1. The highest BCUT2D eigenvalue weighted by molar-refractivity contribution is 5.97. The number of carbonyl (C=O) groups excluding carboxylic acids is 1.